The molecule has 0 aliphatic heterocycles. The number of halogens is 3. The van der Waals surface area contributed by atoms with E-state index in [9.17, 15) is 0 Å². The normalized spacial score (nSPS) is 12.5. The Bertz CT molecular complexity index is 22.8. The third-order valence-corrected chi connectivity index (χ3v) is 5.04. The molecule has 6 heavy (non-hydrogen) atoms. The van der Waals surface area contributed by atoms with E-state index in [1.54, 1.807) is 0 Å². The Morgan fingerprint density at radius 1 is 1.67 bits per heavy atom. The maximum atomic E-state index is 3.35. The second-order valence-corrected chi connectivity index (χ2v) is 6.67. The predicted octanol–water partition coefficient (Wildman–Crippen LogP) is -1.10. The molecule has 0 spiro atoms. The summed E-state index contributed by atoms with van der Waals surface area (Å²) in [4.78, 5) is 0. The summed E-state index contributed by atoms with van der Waals surface area (Å²) in [5.41, 5.74) is 0. The first-order valence-corrected chi connectivity index (χ1v) is 5.88. The van der Waals surface area contributed by atoms with Crippen LogP contribution >= 0.6 is 30.7 Å². The summed E-state index contributed by atoms with van der Waals surface area (Å²) in [6.07, 6.45) is 2.12. The SMILES string of the molecule is C[S+](Br)CBr.[Br-]. The van der Waals surface area contributed by atoms with Crippen LogP contribution in [0.5, 0.6) is 0 Å². The molecule has 0 aromatic carbocycles. The van der Waals surface area contributed by atoms with E-state index in [0.717, 1.165) is 4.66 Å². The van der Waals surface area contributed by atoms with Gasteiger partial charge in [0.25, 0.3) is 0 Å². The highest BCUT2D eigenvalue weighted by atomic mass is 79.9. The highest BCUT2D eigenvalue weighted by Gasteiger charge is 1.97. The van der Waals surface area contributed by atoms with Gasteiger partial charge in [0.1, 0.15) is 6.26 Å². The van der Waals surface area contributed by atoms with Crippen LogP contribution in [-0.2, 0) is 9.33 Å². The molecule has 4 heteroatoms. The predicted molar refractivity (Wildman–Crippen MR) is 36.0 cm³/mol. The third-order valence-electron chi connectivity index (χ3n) is 0.150. The lowest BCUT2D eigenvalue weighted by molar-refractivity contribution is -0.000000891. The van der Waals surface area contributed by atoms with Crippen molar-refractivity contribution >= 4 is 40.1 Å². The van der Waals surface area contributed by atoms with Gasteiger partial charge in [0, 0.05) is 0 Å². The van der Waals surface area contributed by atoms with Gasteiger partial charge in [-0.25, -0.2) is 0 Å². The minimum Gasteiger partial charge on any atom is -1.00 e. The van der Waals surface area contributed by atoms with Gasteiger partial charge in [-0.15, -0.1) is 0 Å². The molecule has 0 rings (SSSR count). The molecule has 1 atom stereocenters. The van der Waals surface area contributed by atoms with Gasteiger partial charge in [-0.3, -0.25) is 0 Å². The smallest absolute Gasteiger partial charge is 0.232 e. The molecule has 0 N–H and O–H groups in total. The van der Waals surface area contributed by atoms with Crippen LogP contribution in [-0.4, -0.2) is 10.9 Å². The zero-order valence-electron chi connectivity index (χ0n) is 3.25. The van der Waals surface area contributed by atoms with Crippen molar-refractivity contribution in [3.8, 4) is 0 Å². The summed E-state index contributed by atoms with van der Waals surface area (Å²) in [5, 5.41) is 0. The van der Waals surface area contributed by atoms with E-state index < -0.39 is 0 Å². The molecule has 0 amide bonds. The summed E-state index contributed by atoms with van der Waals surface area (Å²) in [7, 11) is 0.407. The molecule has 0 aliphatic rings. The molecule has 0 radical (unpaired) electrons. The largest absolute Gasteiger partial charge is 1.00 e. The van der Waals surface area contributed by atoms with Crippen molar-refractivity contribution < 1.29 is 17.0 Å². The van der Waals surface area contributed by atoms with Crippen molar-refractivity contribution in [3.63, 3.8) is 0 Å². The van der Waals surface area contributed by atoms with Crippen LogP contribution in [0.4, 0.5) is 0 Å². The van der Waals surface area contributed by atoms with Gasteiger partial charge in [0.05, 0.1) is 9.33 Å². The lowest BCUT2D eigenvalue weighted by Gasteiger charge is -1.73. The van der Waals surface area contributed by atoms with Gasteiger partial charge < -0.3 is 17.0 Å². The van der Waals surface area contributed by atoms with E-state index in [1.165, 1.54) is 0 Å². The van der Waals surface area contributed by atoms with Crippen molar-refractivity contribution in [3.05, 3.63) is 0 Å². The number of alkyl halides is 1. The summed E-state index contributed by atoms with van der Waals surface area (Å²) in [6, 6.07) is 0. The van der Waals surface area contributed by atoms with E-state index in [4.69, 9.17) is 0 Å². The molecule has 1 unspecified atom stereocenters. The Morgan fingerprint density at radius 2 is 1.83 bits per heavy atom. The van der Waals surface area contributed by atoms with E-state index in [2.05, 4.69) is 37.0 Å². The molecule has 0 saturated carbocycles. The highest BCUT2D eigenvalue weighted by Crippen LogP contribution is 2.02. The Kier molecular flexibility index (Phi) is 12.1. The van der Waals surface area contributed by atoms with Crippen LogP contribution in [0.15, 0.2) is 0 Å². The van der Waals surface area contributed by atoms with Crippen LogP contribution in [0.25, 0.3) is 0 Å². The zero-order valence-corrected chi connectivity index (χ0v) is 8.82. The Labute approximate surface area is 67.5 Å². The Morgan fingerprint density at radius 3 is 1.83 bits per heavy atom. The van der Waals surface area contributed by atoms with Crippen molar-refractivity contribution in [2.24, 2.45) is 0 Å². The molecule has 0 aromatic heterocycles. The number of hydrogen-bond donors (Lipinski definition) is 0. The van der Waals surface area contributed by atoms with Crippen molar-refractivity contribution in [2.75, 3.05) is 10.9 Å². The number of rotatable bonds is 1. The summed E-state index contributed by atoms with van der Waals surface area (Å²) < 4.78 is 1.06. The first kappa shape index (κ1) is 10.7. The summed E-state index contributed by atoms with van der Waals surface area (Å²) in [5.74, 6) is 0. The van der Waals surface area contributed by atoms with Gasteiger partial charge in [-0.2, -0.15) is 0 Å². The van der Waals surface area contributed by atoms with Crippen LogP contribution in [0.3, 0.4) is 0 Å². The first-order chi connectivity index (χ1) is 2.27. The zero-order chi connectivity index (χ0) is 4.28. The van der Waals surface area contributed by atoms with Crippen molar-refractivity contribution in [2.45, 2.75) is 0 Å². The van der Waals surface area contributed by atoms with E-state index in [0.29, 0.717) is 9.33 Å². The lowest BCUT2D eigenvalue weighted by atomic mass is 11.9. The molecule has 0 aliphatic carbocycles. The van der Waals surface area contributed by atoms with Crippen molar-refractivity contribution in [1.29, 1.82) is 0 Å². The minimum absolute atomic E-state index is 0. The second-order valence-electron chi connectivity index (χ2n) is 0.661. The van der Waals surface area contributed by atoms with Crippen LogP contribution in [0, 0.1) is 0 Å². The average Bonchev–Trinajstić information content (AvgIpc) is 1.38. The molecule has 0 bridgehead atoms. The summed E-state index contributed by atoms with van der Waals surface area (Å²) >= 11 is 6.63. The van der Waals surface area contributed by atoms with Crippen LogP contribution < -0.4 is 17.0 Å². The highest BCUT2D eigenvalue weighted by molar-refractivity contribution is 9.49. The fourth-order valence-corrected chi connectivity index (χ4v) is 0. The fraction of sp³-hybridized carbons (Fsp3) is 1.00. The molecule has 0 aromatic rings. The minimum atomic E-state index is 0. The van der Waals surface area contributed by atoms with Crippen molar-refractivity contribution in [1.82, 2.24) is 0 Å². The quantitative estimate of drug-likeness (QED) is 0.426. The maximum Gasteiger partial charge on any atom is 0.232 e. The molecular weight excluding hydrogens is 296 g/mol. The topological polar surface area (TPSA) is 0 Å². The van der Waals surface area contributed by atoms with E-state index >= 15 is 0 Å². The molecule has 0 nitrogen and oxygen atoms in total. The van der Waals surface area contributed by atoms with E-state index in [-0.39, 0.29) is 17.0 Å². The Hall–Kier alpha value is 1.79. The average molecular weight is 301 g/mol. The van der Waals surface area contributed by atoms with E-state index in [1.807, 2.05) is 0 Å². The maximum absolute atomic E-state index is 3.35. The van der Waals surface area contributed by atoms with Crippen LogP contribution in [0.2, 0.25) is 0 Å². The van der Waals surface area contributed by atoms with Gasteiger partial charge in [-0.05, 0) is 15.9 Å². The monoisotopic (exact) mass is 298 g/mol. The second kappa shape index (κ2) is 6.79. The first-order valence-electron chi connectivity index (χ1n) is 1.12. The lowest BCUT2D eigenvalue weighted by Crippen LogP contribution is -3.00. The van der Waals surface area contributed by atoms with Crippen LogP contribution in [0.1, 0.15) is 0 Å². The molecule has 0 fully saturated rings. The number of hydrogen-bond acceptors (Lipinski definition) is 0. The standard InChI is InChI=1S/C2H5Br2S.BrH/c1-5(4)2-3;/h2H2,1H3;1H/q+1;/p-1. The molecular formula is C2H5Br3S. The molecule has 0 saturated heterocycles. The summed E-state index contributed by atoms with van der Waals surface area (Å²) in [6.45, 7) is 0. The fourth-order valence-electron chi connectivity index (χ4n) is 0. The van der Waals surface area contributed by atoms with Gasteiger partial charge in [0.2, 0.25) is 14.8 Å². The van der Waals surface area contributed by atoms with Gasteiger partial charge in [0.15, 0.2) is 4.66 Å². The Balaban J connectivity index is 0. The van der Waals surface area contributed by atoms with Gasteiger partial charge in [-0.1, -0.05) is 0 Å². The van der Waals surface area contributed by atoms with Gasteiger partial charge >= 0.3 is 0 Å². The third kappa shape index (κ3) is 9.25. The molecule has 40 valence electrons. The molecule has 0 heterocycles.